The van der Waals surface area contributed by atoms with E-state index >= 15 is 0 Å². The van der Waals surface area contributed by atoms with Crippen molar-refractivity contribution in [3.63, 3.8) is 0 Å². The lowest BCUT2D eigenvalue weighted by molar-refractivity contribution is -0.122. The minimum absolute atomic E-state index is 0.0213. The molecule has 6 nitrogen and oxygen atoms in total. The molecule has 6 heteroatoms. The molecule has 0 spiro atoms. The van der Waals surface area contributed by atoms with Gasteiger partial charge in [0, 0.05) is 50.1 Å². The summed E-state index contributed by atoms with van der Waals surface area (Å²) >= 11 is 0. The number of nitrogens with zero attached hydrogens (tertiary/aromatic N) is 4. The Bertz CT molecular complexity index is 885. The third-order valence-electron chi connectivity index (χ3n) is 5.14. The number of fused-ring (bicyclic) bond motifs is 1. The van der Waals surface area contributed by atoms with Crippen molar-refractivity contribution < 1.29 is 4.79 Å². The zero-order valence-corrected chi connectivity index (χ0v) is 14.3. The van der Waals surface area contributed by atoms with E-state index < -0.39 is 0 Å². The lowest BCUT2D eigenvalue weighted by Crippen LogP contribution is -2.29. The van der Waals surface area contributed by atoms with Crippen LogP contribution in [-0.4, -0.2) is 27.9 Å². The van der Waals surface area contributed by atoms with Gasteiger partial charge in [-0.25, -0.2) is 0 Å². The number of terminal acetylenes is 1. The summed E-state index contributed by atoms with van der Waals surface area (Å²) in [6.07, 6.45) is 8.32. The zero-order chi connectivity index (χ0) is 17.4. The fraction of sp³-hybridized carbons (Fsp3) is 0.474. The Kier molecular flexibility index (Phi) is 3.79. The molecule has 2 atom stereocenters. The highest BCUT2D eigenvalue weighted by atomic mass is 16.2. The molecule has 1 aromatic carbocycles. The van der Waals surface area contributed by atoms with Gasteiger partial charge in [0.05, 0.1) is 11.2 Å². The predicted octanol–water partition coefficient (Wildman–Crippen LogP) is 2.76. The normalized spacial score (nSPS) is 22.6. The molecule has 1 fully saturated rings. The molecule has 0 saturated heterocycles. The molecule has 1 N–H and O–H groups in total. The molecule has 1 saturated carbocycles. The number of aromatic nitrogens is 2. The molecule has 0 radical (unpaired) electrons. The van der Waals surface area contributed by atoms with E-state index in [0.29, 0.717) is 13.0 Å². The van der Waals surface area contributed by atoms with Gasteiger partial charge in [-0.15, -0.1) is 12.3 Å². The highest BCUT2D eigenvalue weighted by molar-refractivity contribution is 5.87. The van der Waals surface area contributed by atoms with Gasteiger partial charge in [0.25, 0.3) is 0 Å². The largest absolute Gasteiger partial charge is 0.356 e. The summed E-state index contributed by atoms with van der Waals surface area (Å²) in [5.41, 5.74) is 1.81. The molecule has 2 aromatic rings. The molecular weight excluding hydrogens is 314 g/mol. The monoisotopic (exact) mass is 335 g/mol. The van der Waals surface area contributed by atoms with Crippen LogP contribution in [0.3, 0.4) is 0 Å². The van der Waals surface area contributed by atoms with Crippen molar-refractivity contribution in [3.8, 4) is 12.3 Å². The van der Waals surface area contributed by atoms with E-state index in [9.17, 15) is 4.79 Å². The highest BCUT2D eigenvalue weighted by Crippen LogP contribution is 2.49. The van der Waals surface area contributed by atoms with Crippen molar-refractivity contribution in [1.82, 2.24) is 15.1 Å². The van der Waals surface area contributed by atoms with E-state index in [4.69, 9.17) is 6.42 Å². The fourth-order valence-electron chi connectivity index (χ4n) is 3.49. The maximum Gasteiger partial charge on any atom is 0.223 e. The zero-order valence-electron chi connectivity index (χ0n) is 14.3. The van der Waals surface area contributed by atoms with Gasteiger partial charge in [0.2, 0.25) is 5.91 Å². The topological polar surface area (TPSA) is 71.6 Å². The second-order valence-electron chi connectivity index (χ2n) is 6.90. The smallest absolute Gasteiger partial charge is 0.223 e. The molecule has 1 aromatic heterocycles. The molecule has 0 unspecified atom stereocenters. The van der Waals surface area contributed by atoms with Crippen LogP contribution in [0.25, 0.3) is 10.9 Å². The van der Waals surface area contributed by atoms with Gasteiger partial charge in [0.1, 0.15) is 0 Å². The number of para-hydroxylation sites is 1. The van der Waals surface area contributed by atoms with Gasteiger partial charge in [-0.3, -0.25) is 9.48 Å². The first-order chi connectivity index (χ1) is 12.1. The summed E-state index contributed by atoms with van der Waals surface area (Å²) in [6.45, 7) is 0.586. The molecule has 1 amide bonds. The van der Waals surface area contributed by atoms with E-state index in [-0.39, 0.29) is 23.4 Å². The molecule has 0 bridgehead atoms. The number of aryl methyl sites for hydroxylation is 1. The Morgan fingerprint density at radius 3 is 2.96 bits per heavy atom. The van der Waals surface area contributed by atoms with Gasteiger partial charge >= 0.3 is 0 Å². The summed E-state index contributed by atoms with van der Waals surface area (Å²) in [5, 5.41) is 17.0. The van der Waals surface area contributed by atoms with E-state index in [1.807, 2.05) is 23.9 Å². The van der Waals surface area contributed by atoms with E-state index in [1.165, 1.54) is 0 Å². The van der Waals surface area contributed by atoms with Crippen LogP contribution in [0.4, 0.5) is 0 Å². The van der Waals surface area contributed by atoms with Gasteiger partial charge in [-0.2, -0.15) is 15.3 Å². The van der Waals surface area contributed by atoms with Crippen LogP contribution in [0.5, 0.6) is 0 Å². The predicted molar refractivity (Wildman–Crippen MR) is 94.8 cm³/mol. The van der Waals surface area contributed by atoms with E-state index in [2.05, 4.69) is 38.7 Å². The molecule has 2 heterocycles. The lowest BCUT2D eigenvalue weighted by Gasteiger charge is -2.09. The van der Waals surface area contributed by atoms with Gasteiger partial charge in [-0.05, 0) is 12.5 Å². The third-order valence-corrected chi connectivity index (χ3v) is 5.14. The van der Waals surface area contributed by atoms with Crippen LogP contribution in [-0.2, 0) is 11.8 Å². The number of nitrogens with one attached hydrogen (secondary N) is 1. The number of hydrogen-bond acceptors (Lipinski definition) is 4. The van der Waals surface area contributed by atoms with Crippen molar-refractivity contribution >= 4 is 16.8 Å². The Labute approximate surface area is 146 Å². The molecule has 1 aliphatic heterocycles. The fourth-order valence-corrected chi connectivity index (χ4v) is 3.49. The minimum atomic E-state index is -0.334. The summed E-state index contributed by atoms with van der Waals surface area (Å²) in [6, 6.07) is 8.16. The third kappa shape index (κ3) is 3.02. The molecule has 128 valence electrons. The van der Waals surface area contributed by atoms with E-state index in [1.54, 1.807) is 0 Å². The van der Waals surface area contributed by atoms with Crippen LogP contribution in [0.15, 0.2) is 34.5 Å². The first kappa shape index (κ1) is 15.8. The van der Waals surface area contributed by atoms with Crippen LogP contribution < -0.4 is 5.32 Å². The lowest BCUT2D eigenvalue weighted by atomic mass is 10.0. The van der Waals surface area contributed by atoms with Gasteiger partial charge in [-0.1, -0.05) is 18.2 Å². The average molecular weight is 335 g/mol. The molecule has 1 aliphatic carbocycles. The number of benzene rings is 1. The van der Waals surface area contributed by atoms with Crippen LogP contribution in [0.1, 0.15) is 37.3 Å². The quantitative estimate of drug-likeness (QED) is 0.790. The Morgan fingerprint density at radius 2 is 2.20 bits per heavy atom. The van der Waals surface area contributed by atoms with Crippen LogP contribution in [0.2, 0.25) is 0 Å². The maximum absolute atomic E-state index is 12.4. The minimum Gasteiger partial charge on any atom is -0.356 e. The Morgan fingerprint density at radius 1 is 1.40 bits per heavy atom. The van der Waals surface area contributed by atoms with Gasteiger partial charge < -0.3 is 5.32 Å². The Hall–Kier alpha value is -2.68. The van der Waals surface area contributed by atoms with Crippen molar-refractivity contribution in [2.24, 2.45) is 23.2 Å². The number of carbonyl (C=O) groups excluding carboxylic acids is 1. The second-order valence-corrected chi connectivity index (χ2v) is 6.90. The molecular formula is C19H21N5O. The summed E-state index contributed by atoms with van der Waals surface area (Å²) in [4.78, 5) is 12.4. The van der Waals surface area contributed by atoms with Crippen LogP contribution in [0, 0.1) is 18.3 Å². The number of rotatable bonds is 7. The molecule has 25 heavy (non-hydrogen) atoms. The Balaban J connectivity index is 1.32. The summed E-state index contributed by atoms with van der Waals surface area (Å²) in [5.74, 6) is 2.96. The highest BCUT2D eigenvalue weighted by Gasteiger charge is 2.46. The molecule has 2 aliphatic rings. The van der Waals surface area contributed by atoms with Crippen molar-refractivity contribution in [3.05, 3.63) is 30.0 Å². The van der Waals surface area contributed by atoms with Crippen molar-refractivity contribution in [2.45, 2.75) is 37.3 Å². The van der Waals surface area contributed by atoms with Crippen molar-refractivity contribution in [1.29, 1.82) is 0 Å². The SMILES string of the molecule is C#CCCC1(CCNC(=O)[C@@H]2C[C@H]2c2nn(C)c3ccccc23)N=N1. The summed E-state index contributed by atoms with van der Waals surface area (Å²) in [7, 11) is 1.95. The van der Waals surface area contributed by atoms with Gasteiger partial charge in [0.15, 0.2) is 5.66 Å². The second kappa shape index (κ2) is 5.99. The number of amides is 1. The number of hydrogen-bond donors (Lipinski definition) is 1. The first-order valence-electron chi connectivity index (χ1n) is 8.70. The first-order valence-corrected chi connectivity index (χ1v) is 8.70. The van der Waals surface area contributed by atoms with Crippen LogP contribution >= 0.6 is 0 Å². The maximum atomic E-state index is 12.4. The van der Waals surface area contributed by atoms with Crippen molar-refractivity contribution in [2.75, 3.05) is 6.54 Å². The standard InChI is InChI=1S/C19H21N5O/c1-3-4-9-19(22-23-19)10-11-20-18(25)15-12-14(15)17-13-7-5-6-8-16(13)24(2)21-17/h1,5-8,14-15H,4,9-12H2,2H3,(H,20,25)/t14-,15-/m1/s1. The summed E-state index contributed by atoms with van der Waals surface area (Å²) < 4.78 is 1.89. The molecule has 4 rings (SSSR count). The number of carbonyl (C=O) groups is 1. The average Bonchev–Trinajstić information content (AvgIpc) is 3.53. The van der Waals surface area contributed by atoms with E-state index in [0.717, 1.165) is 35.9 Å².